The Bertz CT molecular complexity index is 568. The molecular weight excluding hydrogens is 266 g/mol. The summed E-state index contributed by atoms with van der Waals surface area (Å²) in [5.41, 5.74) is 5.42. The number of nitrogens with zero attached hydrogens (tertiary/aromatic N) is 1. The number of rotatable bonds is 4. The summed E-state index contributed by atoms with van der Waals surface area (Å²) in [6.45, 7) is 0.974. The van der Waals surface area contributed by atoms with Gasteiger partial charge in [-0.15, -0.1) is 0 Å². The van der Waals surface area contributed by atoms with Crippen LogP contribution in [0.3, 0.4) is 0 Å². The smallest absolute Gasteiger partial charge is 0.248 e. The monoisotopic (exact) mass is 283 g/mol. The zero-order valence-electron chi connectivity index (χ0n) is 10.7. The standard InChI is InChI=1S/C12H17N3O3S/c1-14-10-6-7-15(8-10)19(17,18)11-4-2-9(3-5-11)12(13)16/h2-5,10,14H,6-8H2,1H3,(H2,13,16). The normalized spacial score (nSPS) is 20.6. The molecule has 7 heteroatoms. The fourth-order valence-corrected chi connectivity index (χ4v) is 3.62. The molecule has 0 radical (unpaired) electrons. The first kappa shape index (κ1) is 14.0. The van der Waals surface area contributed by atoms with E-state index in [2.05, 4.69) is 5.32 Å². The molecule has 1 saturated heterocycles. The van der Waals surface area contributed by atoms with Gasteiger partial charge in [-0.25, -0.2) is 8.42 Å². The Hall–Kier alpha value is -1.44. The molecule has 1 aliphatic heterocycles. The van der Waals surface area contributed by atoms with E-state index in [1.807, 2.05) is 7.05 Å². The first-order valence-electron chi connectivity index (χ1n) is 6.02. The van der Waals surface area contributed by atoms with Crippen LogP contribution in [0.15, 0.2) is 29.2 Å². The van der Waals surface area contributed by atoms with Crippen molar-refractivity contribution < 1.29 is 13.2 Å². The lowest BCUT2D eigenvalue weighted by molar-refractivity contribution is 0.1000. The highest BCUT2D eigenvalue weighted by molar-refractivity contribution is 7.89. The third-order valence-corrected chi connectivity index (χ3v) is 5.22. The Morgan fingerprint density at radius 3 is 2.47 bits per heavy atom. The van der Waals surface area contributed by atoms with Gasteiger partial charge in [0.1, 0.15) is 0 Å². The SMILES string of the molecule is CNC1CCN(S(=O)(=O)c2ccc(C(N)=O)cc2)C1. The average molecular weight is 283 g/mol. The summed E-state index contributed by atoms with van der Waals surface area (Å²) in [5.74, 6) is -0.569. The van der Waals surface area contributed by atoms with Gasteiger partial charge in [0.25, 0.3) is 0 Å². The van der Waals surface area contributed by atoms with Gasteiger partial charge in [-0.05, 0) is 37.7 Å². The van der Waals surface area contributed by atoms with Crippen LogP contribution in [0.25, 0.3) is 0 Å². The number of carbonyl (C=O) groups excluding carboxylic acids is 1. The van der Waals surface area contributed by atoms with Crippen molar-refractivity contribution >= 4 is 15.9 Å². The molecule has 0 aromatic heterocycles. The van der Waals surface area contributed by atoms with Crippen LogP contribution < -0.4 is 11.1 Å². The Balaban J connectivity index is 2.22. The van der Waals surface area contributed by atoms with E-state index in [0.717, 1.165) is 6.42 Å². The first-order valence-corrected chi connectivity index (χ1v) is 7.46. The van der Waals surface area contributed by atoms with Crippen molar-refractivity contribution in [1.82, 2.24) is 9.62 Å². The van der Waals surface area contributed by atoms with E-state index in [-0.39, 0.29) is 10.9 Å². The second-order valence-corrected chi connectivity index (χ2v) is 6.46. The fourth-order valence-electron chi connectivity index (χ4n) is 2.12. The first-order chi connectivity index (χ1) is 8.95. The largest absolute Gasteiger partial charge is 0.366 e. The number of primary amides is 1. The highest BCUT2D eigenvalue weighted by atomic mass is 32.2. The maximum atomic E-state index is 12.4. The fraction of sp³-hybridized carbons (Fsp3) is 0.417. The molecule has 1 aromatic rings. The molecule has 1 amide bonds. The molecular formula is C12H17N3O3S. The minimum atomic E-state index is -3.48. The molecule has 1 unspecified atom stereocenters. The van der Waals surface area contributed by atoms with Crippen LogP contribution in [0.4, 0.5) is 0 Å². The summed E-state index contributed by atoms with van der Waals surface area (Å²) < 4.78 is 26.2. The molecule has 1 fully saturated rings. The lowest BCUT2D eigenvalue weighted by Gasteiger charge is -2.16. The van der Waals surface area contributed by atoms with E-state index >= 15 is 0 Å². The number of amides is 1. The molecule has 0 spiro atoms. The van der Waals surface area contributed by atoms with Crippen molar-refractivity contribution in [1.29, 1.82) is 0 Å². The van der Waals surface area contributed by atoms with Crippen molar-refractivity contribution in [2.75, 3.05) is 20.1 Å². The van der Waals surface area contributed by atoms with Crippen LogP contribution in [-0.4, -0.2) is 44.8 Å². The number of nitrogens with two attached hydrogens (primary N) is 1. The molecule has 1 aromatic carbocycles. The number of sulfonamides is 1. The van der Waals surface area contributed by atoms with E-state index in [1.165, 1.54) is 28.6 Å². The topological polar surface area (TPSA) is 92.5 Å². The van der Waals surface area contributed by atoms with Crippen LogP contribution in [0.2, 0.25) is 0 Å². The quantitative estimate of drug-likeness (QED) is 0.798. The number of carbonyl (C=O) groups is 1. The van der Waals surface area contributed by atoms with E-state index in [1.54, 1.807) is 0 Å². The van der Waals surface area contributed by atoms with Crippen molar-refractivity contribution in [2.24, 2.45) is 5.73 Å². The Morgan fingerprint density at radius 1 is 1.37 bits per heavy atom. The Labute approximate surface area is 112 Å². The van der Waals surface area contributed by atoms with E-state index < -0.39 is 15.9 Å². The van der Waals surface area contributed by atoms with Gasteiger partial charge in [0, 0.05) is 24.7 Å². The van der Waals surface area contributed by atoms with Gasteiger partial charge < -0.3 is 11.1 Å². The summed E-state index contributed by atoms with van der Waals surface area (Å²) in [5, 5.41) is 3.07. The van der Waals surface area contributed by atoms with Gasteiger partial charge in [0.2, 0.25) is 15.9 Å². The zero-order valence-corrected chi connectivity index (χ0v) is 11.5. The van der Waals surface area contributed by atoms with Gasteiger partial charge in [-0.2, -0.15) is 4.31 Å². The molecule has 0 bridgehead atoms. The van der Waals surface area contributed by atoms with Gasteiger partial charge in [-0.1, -0.05) is 0 Å². The maximum Gasteiger partial charge on any atom is 0.248 e. The number of hydrogen-bond donors (Lipinski definition) is 2. The van der Waals surface area contributed by atoms with Crippen LogP contribution in [0, 0.1) is 0 Å². The van der Waals surface area contributed by atoms with E-state index in [0.29, 0.717) is 18.7 Å². The van der Waals surface area contributed by atoms with Crippen LogP contribution >= 0.6 is 0 Å². The molecule has 6 nitrogen and oxygen atoms in total. The minimum absolute atomic E-state index is 0.189. The molecule has 2 rings (SSSR count). The molecule has 1 heterocycles. The summed E-state index contributed by atoms with van der Waals surface area (Å²) in [6.07, 6.45) is 0.801. The van der Waals surface area contributed by atoms with E-state index in [9.17, 15) is 13.2 Å². The van der Waals surface area contributed by atoms with Gasteiger partial charge >= 0.3 is 0 Å². The highest BCUT2D eigenvalue weighted by Crippen LogP contribution is 2.21. The molecule has 0 aliphatic carbocycles. The molecule has 0 saturated carbocycles. The number of likely N-dealkylation sites (N-methyl/N-ethyl adjacent to an activating group) is 1. The van der Waals surface area contributed by atoms with Crippen molar-refractivity contribution in [3.63, 3.8) is 0 Å². The minimum Gasteiger partial charge on any atom is -0.366 e. The van der Waals surface area contributed by atoms with Crippen molar-refractivity contribution in [2.45, 2.75) is 17.4 Å². The zero-order chi connectivity index (χ0) is 14.0. The summed E-state index contributed by atoms with van der Waals surface area (Å²) in [6, 6.07) is 5.89. The number of hydrogen-bond acceptors (Lipinski definition) is 4. The maximum absolute atomic E-state index is 12.4. The third kappa shape index (κ3) is 2.78. The second-order valence-electron chi connectivity index (χ2n) is 4.53. The van der Waals surface area contributed by atoms with Crippen LogP contribution in [-0.2, 0) is 10.0 Å². The lowest BCUT2D eigenvalue weighted by atomic mass is 10.2. The predicted octanol–water partition coefficient (Wildman–Crippen LogP) is -0.232. The summed E-state index contributed by atoms with van der Waals surface area (Å²) >= 11 is 0. The van der Waals surface area contributed by atoms with Crippen LogP contribution in [0.1, 0.15) is 16.8 Å². The second kappa shape index (κ2) is 5.28. The molecule has 3 N–H and O–H groups in total. The van der Waals surface area contributed by atoms with Crippen molar-refractivity contribution in [3.05, 3.63) is 29.8 Å². The average Bonchev–Trinajstić information content (AvgIpc) is 2.88. The number of benzene rings is 1. The van der Waals surface area contributed by atoms with Gasteiger partial charge in [-0.3, -0.25) is 4.79 Å². The molecule has 1 aliphatic rings. The predicted molar refractivity (Wildman–Crippen MR) is 71.2 cm³/mol. The lowest BCUT2D eigenvalue weighted by Crippen LogP contribution is -2.33. The summed E-state index contributed by atoms with van der Waals surface area (Å²) in [4.78, 5) is 11.1. The molecule has 1 atom stereocenters. The van der Waals surface area contributed by atoms with Gasteiger partial charge in [0.15, 0.2) is 0 Å². The number of nitrogens with one attached hydrogen (secondary N) is 1. The Morgan fingerprint density at radius 2 is 2.00 bits per heavy atom. The summed E-state index contributed by atoms with van der Waals surface area (Å²) in [7, 11) is -1.66. The van der Waals surface area contributed by atoms with Crippen LogP contribution in [0.5, 0.6) is 0 Å². The Kier molecular flexibility index (Phi) is 3.88. The molecule has 104 valence electrons. The molecule has 19 heavy (non-hydrogen) atoms. The van der Waals surface area contributed by atoms with Crippen molar-refractivity contribution in [3.8, 4) is 0 Å². The van der Waals surface area contributed by atoms with E-state index in [4.69, 9.17) is 5.73 Å². The van der Waals surface area contributed by atoms with Gasteiger partial charge in [0.05, 0.1) is 4.90 Å². The third-order valence-electron chi connectivity index (χ3n) is 3.34. The highest BCUT2D eigenvalue weighted by Gasteiger charge is 2.31.